The average Bonchev–Trinajstić information content (AvgIpc) is 2.26. The van der Waals surface area contributed by atoms with Crippen LogP contribution in [0.15, 0.2) is 55.1 Å². The lowest BCUT2D eigenvalue weighted by atomic mass is 9.98. The van der Waals surface area contributed by atoms with Crippen molar-refractivity contribution in [3.8, 4) is 0 Å². The molecule has 0 radical (unpaired) electrons. The van der Waals surface area contributed by atoms with Gasteiger partial charge in [0.25, 0.3) is 0 Å². The van der Waals surface area contributed by atoms with E-state index in [1.165, 1.54) is 11.8 Å². The fourth-order valence-electron chi connectivity index (χ4n) is 1.32. The molecule has 0 saturated heterocycles. The molecule has 1 aromatic rings. The molecule has 0 fully saturated rings. The first kappa shape index (κ1) is 11.2. The predicted octanol–water partition coefficient (Wildman–Crippen LogP) is 3.77. The minimum absolute atomic E-state index is 0.693. The number of allylic oxidation sites excluding steroid dienone is 4. The molecule has 1 nitrogen and oxygen atoms in total. The number of nitrogens with one attached hydrogen (secondary N) is 1. The highest BCUT2D eigenvalue weighted by Gasteiger charge is 2.02. The monoisotopic (exact) mass is 197 g/mol. The average molecular weight is 197 g/mol. The summed E-state index contributed by atoms with van der Waals surface area (Å²) in [5, 5.41) is 7.21. The van der Waals surface area contributed by atoms with Crippen LogP contribution in [-0.2, 0) is 0 Å². The first-order chi connectivity index (χ1) is 7.19. The summed E-state index contributed by atoms with van der Waals surface area (Å²) >= 11 is 0. The number of aryl methyl sites for hydroxylation is 1. The van der Waals surface area contributed by atoms with E-state index in [0.29, 0.717) is 5.57 Å². The van der Waals surface area contributed by atoms with Crippen molar-refractivity contribution in [3.05, 3.63) is 66.3 Å². The van der Waals surface area contributed by atoms with Crippen molar-refractivity contribution < 1.29 is 0 Å². The first-order valence-electron chi connectivity index (χ1n) is 4.78. The summed E-state index contributed by atoms with van der Waals surface area (Å²) < 4.78 is 0. The number of benzene rings is 1. The number of rotatable bonds is 4. The molecule has 1 rings (SSSR count). The summed E-state index contributed by atoms with van der Waals surface area (Å²) in [5.74, 6) is 0. The lowest BCUT2D eigenvalue weighted by Crippen LogP contribution is -1.89. The minimum Gasteiger partial charge on any atom is -0.308 e. The van der Waals surface area contributed by atoms with Crippen LogP contribution >= 0.6 is 0 Å². The summed E-state index contributed by atoms with van der Waals surface area (Å²) in [6.45, 7) is 9.55. The molecule has 0 bridgehead atoms. The van der Waals surface area contributed by atoms with Crippen molar-refractivity contribution in [1.29, 1.82) is 5.41 Å². The molecule has 0 unspecified atom stereocenters. The van der Waals surface area contributed by atoms with Crippen LogP contribution in [0.4, 0.5) is 0 Å². The van der Waals surface area contributed by atoms with Crippen LogP contribution in [0.2, 0.25) is 0 Å². The van der Waals surface area contributed by atoms with E-state index in [1.807, 2.05) is 37.3 Å². The zero-order valence-corrected chi connectivity index (χ0v) is 8.96. The van der Waals surface area contributed by atoms with Gasteiger partial charge in [-0.05, 0) is 23.6 Å². The first-order valence-corrected chi connectivity index (χ1v) is 4.78. The summed E-state index contributed by atoms with van der Waals surface area (Å²) in [7, 11) is 0. The fourth-order valence-corrected chi connectivity index (χ4v) is 1.32. The van der Waals surface area contributed by atoms with E-state index >= 15 is 0 Å². The van der Waals surface area contributed by atoms with Crippen LogP contribution in [0.25, 0.3) is 5.57 Å². The standard InChI is InChI=1S/C14H15N/c1-4-5-14(12(3)10-15)13-8-6-11(2)7-9-13/h4-10,15H,1,3H2,2H3/b14-5+,15-10?. The van der Waals surface area contributed by atoms with Crippen molar-refractivity contribution in [2.45, 2.75) is 6.92 Å². The third-order valence-electron chi connectivity index (χ3n) is 2.17. The van der Waals surface area contributed by atoms with Crippen LogP contribution in [0, 0.1) is 12.3 Å². The van der Waals surface area contributed by atoms with Crippen molar-refractivity contribution >= 4 is 11.8 Å². The van der Waals surface area contributed by atoms with Gasteiger partial charge in [-0.2, -0.15) is 0 Å². The summed E-state index contributed by atoms with van der Waals surface area (Å²) in [5.41, 5.74) is 3.92. The molecule has 1 N–H and O–H groups in total. The maximum atomic E-state index is 7.21. The molecule has 0 amide bonds. The van der Waals surface area contributed by atoms with Crippen molar-refractivity contribution in [1.82, 2.24) is 0 Å². The van der Waals surface area contributed by atoms with E-state index in [-0.39, 0.29) is 0 Å². The zero-order valence-electron chi connectivity index (χ0n) is 8.96. The summed E-state index contributed by atoms with van der Waals surface area (Å²) in [4.78, 5) is 0. The number of hydrogen-bond donors (Lipinski definition) is 1. The van der Waals surface area contributed by atoms with Gasteiger partial charge in [-0.1, -0.05) is 55.1 Å². The highest BCUT2D eigenvalue weighted by atomic mass is 14.3. The minimum atomic E-state index is 0.693. The Balaban J connectivity index is 3.16. The molecular formula is C14H15N. The van der Waals surface area contributed by atoms with Gasteiger partial charge >= 0.3 is 0 Å². The van der Waals surface area contributed by atoms with E-state index in [0.717, 1.165) is 11.1 Å². The van der Waals surface area contributed by atoms with Gasteiger partial charge in [0, 0.05) is 6.21 Å². The molecular weight excluding hydrogens is 182 g/mol. The molecule has 1 aromatic carbocycles. The maximum absolute atomic E-state index is 7.21. The Morgan fingerprint density at radius 3 is 2.33 bits per heavy atom. The lowest BCUT2D eigenvalue weighted by molar-refractivity contribution is 1.45. The maximum Gasteiger partial charge on any atom is 0.0250 e. The van der Waals surface area contributed by atoms with Gasteiger partial charge in [0.15, 0.2) is 0 Å². The molecule has 0 heterocycles. The molecule has 15 heavy (non-hydrogen) atoms. The summed E-state index contributed by atoms with van der Waals surface area (Å²) in [6, 6.07) is 8.14. The highest BCUT2D eigenvalue weighted by Crippen LogP contribution is 2.21. The molecule has 0 aliphatic carbocycles. The van der Waals surface area contributed by atoms with Gasteiger partial charge in [-0.25, -0.2) is 0 Å². The molecule has 0 aliphatic rings. The lowest BCUT2D eigenvalue weighted by Gasteiger charge is -2.06. The third-order valence-corrected chi connectivity index (χ3v) is 2.17. The second-order valence-electron chi connectivity index (χ2n) is 3.35. The van der Waals surface area contributed by atoms with Crippen LogP contribution in [0.5, 0.6) is 0 Å². The SMILES string of the molecule is C=C/C=C(\C(=C)C=N)c1ccc(C)cc1. The Labute approximate surface area is 91.0 Å². The van der Waals surface area contributed by atoms with Crippen molar-refractivity contribution in [2.24, 2.45) is 0 Å². The molecule has 0 atom stereocenters. The van der Waals surface area contributed by atoms with Gasteiger partial charge in [0.05, 0.1) is 0 Å². The van der Waals surface area contributed by atoms with E-state index in [2.05, 4.69) is 13.2 Å². The zero-order chi connectivity index (χ0) is 11.3. The Kier molecular flexibility index (Phi) is 3.81. The van der Waals surface area contributed by atoms with Gasteiger partial charge < -0.3 is 5.41 Å². The third kappa shape index (κ3) is 2.78. The normalized spacial score (nSPS) is 10.9. The molecule has 76 valence electrons. The van der Waals surface area contributed by atoms with E-state index in [1.54, 1.807) is 6.08 Å². The molecule has 0 aromatic heterocycles. The van der Waals surface area contributed by atoms with Gasteiger partial charge in [-0.3, -0.25) is 0 Å². The Morgan fingerprint density at radius 2 is 1.87 bits per heavy atom. The largest absolute Gasteiger partial charge is 0.308 e. The fraction of sp³-hybridized carbons (Fsp3) is 0.0714. The van der Waals surface area contributed by atoms with Crippen LogP contribution in [0.3, 0.4) is 0 Å². The highest BCUT2D eigenvalue weighted by molar-refractivity contribution is 5.99. The summed E-state index contributed by atoms with van der Waals surface area (Å²) in [6.07, 6.45) is 4.84. The van der Waals surface area contributed by atoms with Crippen molar-refractivity contribution in [2.75, 3.05) is 0 Å². The Morgan fingerprint density at radius 1 is 1.27 bits per heavy atom. The van der Waals surface area contributed by atoms with Gasteiger partial charge in [0.2, 0.25) is 0 Å². The number of hydrogen-bond acceptors (Lipinski definition) is 1. The quantitative estimate of drug-likeness (QED) is 0.561. The van der Waals surface area contributed by atoms with Gasteiger partial charge in [0.1, 0.15) is 0 Å². The Hall–Kier alpha value is -1.89. The molecule has 0 aliphatic heterocycles. The van der Waals surface area contributed by atoms with Crippen molar-refractivity contribution in [3.63, 3.8) is 0 Å². The smallest absolute Gasteiger partial charge is 0.0250 e. The Bertz CT molecular complexity index is 407. The topological polar surface area (TPSA) is 23.9 Å². The van der Waals surface area contributed by atoms with Gasteiger partial charge in [-0.15, -0.1) is 0 Å². The van der Waals surface area contributed by atoms with Crippen LogP contribution < -0.4 is 0 Å². The second kappa shape index (κ2) is 5.11. The van der Waals surface area contributed by atoms with Crippen LogP contribution in [0.1, 0.15) is 11.1 Å². The molecule has 0 spiro atoms. The molecule has 1 heteroatoms. The predicted molar refractivity (Wildman–Crippen MR) is 67.3 cm³/mol. The van der Waals surface area contributed by atoms with E-state index in [9.17, 15) is 0 Å². The van der Waals surface area contributed by atoms with E-state index < -0.39 is 0 Å². The van der Waals surface area contributed by atoms with E-state index in [4.69, 9.17) is 5.41 Å². The molecule has 0 saturated carbocycles. The second-order valence-corrected chi connectivity index (χ2v) is 3.35. The van der Waals surface area contributed by atoms with Crippen LogP contribution in [-0.4, -0.2) is 6.21 Å².